The van der Waals surface area contributed by atoms with Crippen LogP contribution in [0.25, 0.3) is 88.5 Å². The maximum Gasteiger partial charge on any atom is 0.0780 e. The van der Waals surface area contributed by atoms with Crippen molar-refractivity contribution in [3.8, 4) is 44.9 Å². The summed E-state index contributed by atoms with van der Waals surface area (Å²) < 4.78 is 4.84. The fourth-order valence-electron chi connectivity index (χ4n) is 7.71. The Kier molecular flexibility index (Phi) is 6.49. The van der Waals surface area contributed by atoms with Gasteiger partial charge in [-0.1, -0.05) is 133 Å². The molecule has 10 rings (SSSR count). The predicted octanol–water partition coefficient (Wildman–Crippen LogP) is 12.3. The molecule has 0 bridgehead atoms. The molecule has 0 N–H and O–H groups in total. The standard InChI is InChI=1S/C47H31N3/c1-3-15-32(16-4-1)35-29-42(47(48-31-35)33-17-5-2-6-18-33)34-27-36(49-43-23-11-7-19-38(43)39-20-8-12-24-44(39)49)30-37(28-34)50-45-25-13-9-21-40(45)41-22-10-14-26-46(41)50/h1-31H. The van der Waals surface area contributed by atoms with Crippen LogP contribution in [-0.4, -0.2) is 14.1 Å². The van der Waals surface area contributed by atoms with Crippen molar-refractivity contribution < 1.29 is 0 Å². The molecule has 0 aliphatic carbocycles. The molecule has 234 valence electrons. The minimum atomic E-state index is 0.956. The summed E-state index contributed by atoms with van der Waals surface area (Å²) in [6.07, 6.45) is 2.01. The SMILES string of the molecule is c1ccc(-c2cnc(-c3ccccc3)c(-c3cc(-n4c5ccccc5c5ccccc54)cc(-n4c5ccccc5c5ccccc54)c3)c2)cc1. The highest BCUT2D eigenvalue weighted by Gasteiger charge is 2.19. The Bertz CT molecular complexity index is 2620. The predicted molar refractivity (Wildman–Crippen MR) is 209 cm³/mol. The van der Waals surface area contributed by atoms with Crippen LogP contribution in [0.5, 0.6) is 0 Å². The van der Waals surface area contributed by atoms with Crippen molar-refractivity contribution >= 4 is 43.6 Å². The Balaban J connectivity index is 1.33. The third-order valence-electron chi connectivity index (χ3n) is 9.93. The minimum absolute atomic E-state index is 0.956. The summed E-state index contributed by atoms with van der Waals surface area (Å²) in [5.74, 6) is 0. The second-order valence-corrected chi connectivity index (χ2v) is 12.8. The maximum absolute atomic E-state index is 5.17. The molecule has 0 unspecified atom stereocenters. The molecule has 0 spiro atoms. The van der Waals surface area contributed by atoms with E-state index in [0.29, 0.717) is 0 Å². The van der Waals surface area contributed by atoms with Gasteiger partial charge in [0, 0.05) is 55.8 Å². The van der Waals surface area contributed by atoms with Gasteiger partial charge in [-0.05, 0) is 59.7 Å². The number of hydrogen-bond acceptors (Lipinski definition) is 1. The van der Waals surface area contributed by atoms with Crippen molar-refractivity contribution in [3.63, 3.8) is 0 Å². The molecule has 10 aromatic rings. The number of para-hydroxylation sites is 4. The highest BCUT2D eigenvalue weighted by molar-refractivity contribution is 6.10. The summed E-state index contributed by atoms with van der Waals surface area (Å²) in [5, 5.41) is 4.96. The molecule has 0 amide bonds. The van der Waals surface area contributed by atoms with Crippen LogP contribution in [0.3, 0.4) is 0 Å². The Morgan fingerprint density at radius 3 is 1.18 bits per heavy atom. The zero-order valence-corrected chi connectivity index (χ0v) is 27.2. The van der Waals surface area contributed by atoms with E-state index in [1.165, 1.54) is 43.6 Å². The third-order valence-corrected chi connectivity index (χ3v) is 9.93. The van der Waals surface area contributed by atoms with Gasteiger partial charge in [0.2, 0.25) is 0 Å². The lowest BCUT2D eigenvalue weighted by molar-refractivity contribution is 1.13. The molecule has 3 aromatic heterocycles. The first kappa shape index (κ1) is 28.3. The molecule has 0 saturated heterocycles. The van der Waals surface area contributed by atoms with Crippen molar-refractivity contribution in [1.82, 2.24) is 14.1 Å². The number of benzene rings is 7. The first-order chi connectivity index (χ1) is 24.8. The van der Waals surface area contributed by atoms with Crippen LogP contribution in [0.1, 0.15) is 0 Å². The number of hydrogen-bond donors (Lipinski definition) is 0. The van der Waals surface area contributed by atoms with E-state index in [0.717, 1.165) is 44.9 Å². The molecular weight excluding hydrogens is 607 g/mol. The molecule has 0 saturated carbocycles. The number of aromatic nitrogens is 3. The van der Waals surface area contributed by atoms with Gasteiger partial charge in [0.1, 0.15) is 0 Å². The van der Waals surface area contributed by atoms with Gasteiger partial charge in [-0.2, -0.15) is 0 Å². The number of nitrogens with zero attached hydrogens (tertiary/aromatic N) is 3. The smallest absolute Gasteiger partial charge is 0.0780 e. The molecule has 3 heteroatoms. The number of pyridine rings is 1. The molecule has 3 heterocycles. The zero-order chi connectivity index (χ0) is 33.0. The van der Waals surface area contributed by atoms with Crippen LogP contribution in [0.2, 0.25) is 0 Å². The highest BCUT2D eigenvalue weighted by Crippen LogP contribution is 2.40. The first-order valence-electron chi connectivity index (χ1n) is 17.1. The number of rotatable bonds is 5. The van der Waals surface area contributed by atoms with Crippen LogP contribution < -0.4 is 0 Å². The lowest BCUT2D eigenvalue weighted by Crippen LogP contribution is -2.01. The van der Waals surface area contributed by atoms with Crippen LogP contribution in [-0.2, 0) is 0 Å². The molecule has 0 aliphatic heterocycles. The van der Waals surface area contributed by atoms with Crippen molar-refractivity contribution in [1.29, 1.82) is 0 Å². The lowest BCUT2D eigenvalue weighted by atomic mass is 9.95. The van der Waals surface area contributed by atoms with Gasteiger partial charge < -0.3 is 9.13 Å². The molecule has 0 radical (unpaired) electrons. The van der Waals surface area contributed by atoms with Gasteiger partial charge in [-0.25, -0.2) is 0 Å². The first-order valence-corrected chi connectivity index (χ1v) is 17.1. The Morgan fingerprint density at radius 2 is 0.720 bits per heavy atom. The third kappa shape index (κ3) is 4.48. The van der Waals surface area contributed by atoms with E-state index in [-0.39, 0.29) is 0 Å². The summed E-state index contributed by atoms with van der Waals surface area (Å²) in [6.45, 7) is 0. The van der Waals surface area contributed by atoms with Gasteiger partial charge in [-0.3, -0.25) is 4.98 Å². The lowest BCUT2D eigenvalue weighted by Gasteiger charge is -2.18. The second-order valence-electron chi connectivity index (χ2n) is 12.8. The van der Waals surface area contributed by atoms with Crippen LogP contribution in [0.4, 0.5) is 0 Å². The largest absolute Gasteiger partial charge is 0.309 e. The molecule has 0 fully saturated rings. The normalized spacial score (nSPS) is 11.6. The highest BCUT2D eigenvalue weighted by atomic mass is 15.0. The Morgan fingerprint density at radius 1 is 0.320 bits per heavy atom. The van der Waals surface area contributed by atoms with Crippen LogP contribution in [0, 0.1) is 0 Å². The average molecular weight is 638 g/mol. The molecule has 7 aromatic carbocycles. The van der Waals surface area contributed by atoms with E-state index >= 15 is 0 Å². The van der Waals surface area contributed by atoms with Crippen molar-refractivity contribution in [2.45, 2.75) is 0 Å². The van der Waals surface area contributed by atoms with E-state index in [2.05, 4.69) is 191 Å². The topological polar surface area (TPSA) is 22.8 Å². The average Bonchev–Trinajstić information content (AvgIpc) is 3.71. The van der Waals surface area contributed by atoms with E-state index in [1.807, 2.05) is 6.20 Å². The molecule has 50 heavy (non-hydrogen) atoms. The summed E-state index contributed by atoms with van der Waals surface area (Å²) in [7, 11) is 0. The van der Waals surface area contributed by atoms with E-state index in [9.17, 15) is 0 Å². The molecular formula is C47H31N3. The summed E-state index contributed by atoms with van der Waals surface area (Å²) in [5.41, 5.74) is 13.4. The van der Waals surface area contributed by atoms with Crippen molar-refractivity contribution in [3.05, 3.63) is 188 Å². The Labute approximate surface area is 290 Å². The maximum atomic E-state index is 5.17. The van der Waals surface area contributed by atoms with Crippen LogP contribution >= 0.6 is 0 Å². The molecule has 0 atom stereocenters. The fourth-order valence-corrected chi connectivity index (χ4v) is 7.71. The minimum Gasteiger partial charge on any atom is -0.309 e. The van der Waals surface area contributed by atoms with Gasteiger partial charge in [-0.15, -0.1) is 0 Å². The van der Waals surface area contributed by atoms with Gasteiger partial charge in [0.25, 0.3) is 0 Å². The molecule has 0 aliphatic rings. The van der Waals surface area contributed by atoms with Crippen molar-refractivity contribution in [2.75, 3.05) is 0 Å². The molecule has 3 nitrogen and oxygen atoms in total. The van der Waals surface area contributed by atoms with E-state index in [4.69, 9.17) is 4.98 Å². The summed E-state index contributed by atoms with van der Waals surface area (Å²) in [6, 6.07) is 65.3. The van der Waals surface area contributed by atoms with Crippen molar-refractivity contribution in [2.24, 2.45) is 0 Å². The van der Waals surface area contributed by atoms with Gasteiger partial charge in [0.15, 0.2) is 0 Å². The van der Waals surface area contributed by atoms with E-state index < -0.39 is 0 Å². The zero-order valence-electron chi connectivity index (χ0n) is 27.2. The van der Waals surface area contributed by atoms with E-state index in [1.54, 1.807) is 0 Å². The monoisotopic (exact) mass is 637 g/mol. The van der Waals surface area contributed by atoms with Gasteiger partial charge >= 0.3 is 0 Å². The fraction of sp³-hybridized carbons (Fsp3) is 0. The van der Waals surface area contributed by atoms with Gasteiger partial charge in [0.05, 0.1) is 27.8 Å². The summed E-state index contributed by atoms with van der Waals surface area (Å²) in [4.78, 5) is 5.17. The summed E-state index contributed by atoms with van der Waals surface area (Å²) >= 11 is 0. The quantitative estimate of drug-likeness (QED) is 0.184. The van der Waals surface area contributed by atoms with Crippen LogP contribution in [0.15, 0.2) is 188 Å². The Hall–Kier alpha value is -6.71. The second kappa shape index (κ2) is 11.5. The number of fused-ring (bicyclic) bond motifs is 6.